The van der Waals surface area contributed by atoms with Crippen LogP contribution in [0.5, 0.6) is 0 Å². The highest BCUT2D eigenvalue weighted by Gasteiger charge is 2.47. The van der Waals surface area contributed by atoms with Crippen LogP contribution in [0.25, 0.3) is 0 Å². The molecule has 0 aromatic heterocycles. The maximum atomic E-state index is 14.3. The first-order chi connectivity index (χ1) is 24.6. The van der Waals surface area contributed by atoms with Crippen LogP contribution in [0.2, 0.25) is 0 Å². The lowest BCUT2D eigenvalue weighted by atomic mass is 9.84. The third kappa shape index (κ3) is 11.5. The summed E-state index contributed by atoms with van der Waals surface area (Å²) in [5, 5.41) is 11.3. The van der Waals surface area contributed by atoms with Gasteiger partial charge in [-0.15, -0.1) is 0 Å². The molecular weight excluding hydrogens is 660 g/mol. The van der Waals surface area contributed by atoms with Gasteiger partial charge in [0, 0.05) is 20.6 Å². The second-order valence-corrected chi connectivity index (χ2v) is 15.2. The summed E-state index contributed by atoms with van der Waals surface area (Å²) in [5.41, 5.74) is 1.27. The molecule has 1 saturated heterocycles. The zero-order valence-corrected chi connectivity index (χ0v) is 32.0. The average molecular weight is 719 g/mol. The van der Waals surface area contributed by atoms with Crippen molar-refractivity contribution in [3.05, 3.63) is 71.8 Å². The second-order valence-electron chi connectivity index (χ2n) is 15.2. The first kappa shape index (κ1) is 41.8. The molecular formula is C40H58N6O6. The van der Waals surface area contributed by atoms with Crippen molar-refractivity contribution < 1.29 is 28.8 Å². The van der Waals surface area contributed by atoms with E-state index in [-0.39, 0.29) is 30.1 Å². The van der Waals surface area contributed by atoms with Crippen LogP contribution < -0.4 is 21.3 Å². The van der Waals surface area contributed by atoms with E-state index < -0.39 is 59.6 Å². The number of rotatable bonds is 17. The minimum atomic E-state index is -1.15. The van der Waals surface area contributed by atoms with Crippen molar-refractivity contribution in [2.45, 2.75) is 91.4 Å². The maximum absolute atomic E-state index is 14.3. The summed E-state index contributed by atoms with van der Waals surface area (Å²) in [7, 11) is 3.15. The average Bonchev–Trinajstić information content (AvgIpc) is 3.57. The summed E-state index contributed by atoms with van der Waals surface area (Å²) in [4.78, 5) is 83.5. The maximum Gasteiger partial charge on any atom is 0.290 e. The van der Waals surface area contributed by atoms with Gasteiger partial charge in [-0.2, -0.15) is 0 Å². The van der Waals surface area contributed by atoms with Crippen molar-refractivity contribution in [2.75, 3.05) is 33.7 Å². The van der Waals surface area contributed by atoms with Gasteiger partial charge in [0.1, 0.15) is 12.1 Å². The number of ketones is 1. The summed E-state index contributed by atoms with van der Waals surface area (Å²) in [6, 6.07) is 15.2. The van der Waals surface area contributed by atoms with Crippen molar-refractivity contribution in [3.8, 4) is 0 Å². The summed E-state index contributed by atoms with van der Waals surface area (Å²) in [6.45, 7) is 12.3. The number of amides is 5. The number of likely N-dealkylation sites (N-methyl/N-ethyl adjacent to an activating group) is 1. The number of nitrogens with one attached hydrogen (secondary N) is 4. The number of benzene rings is 2. The van der Waals surface area contributed by atoms with E-state index in [1.54, 1.807) is 49.3 Å². The van der Waals surface area contributed by atoms with Crippen LogP contribution in [0.3, 0.4) is 0 Å². The Morgan fingerprint density at radius 1 is 0.904 bits per heavy atom. The van der Waals surface area contributed by atoms with Gasteiger partial charge in [-0.05, 0) is 54.2 Å². The third-order valence-corrected chi connectivity index (χ3v) is 9.54. The Balaban J connectivity index is 1.71. The van der Waals surface area contributed by atoms with E-state index in [1.165, 1.54) is 4.90 Å². The number of nitrogens with zero attached hydrogens (tertiary/aromatic N) is 2. The Kier molecular flexibility index (Phi) is 15.5. The number of Topliss-reactive ketones (excluding diaryl/α,β-unsaturated/α-hetero) is 1. The Bertz CT molecular complexity index is 1520. The molecule has 0 saturated carbocycles. The van der Waals surface area contributed by atoms with E-state index in [1.807, 2.05) is 71.9 Å². The van der Waals surface area contributed by atoms with Gasteiger partial charge in [0.15, 0.2) is 0 Å². The summed E-state index contributed by atoms with van der Waals surface area (Å²) >= 11 is 0. The van der Waals surface area contributed by atoms with Crippen LogP contribution in [-0.4, -0.2) is 97.0 Å². The fourth-order valence-electron chi connectivity index (χ4n) is 6.66. The summed E-state index contributed by atoms with van der Waals surface area (Å²) in [6.07, 6.45) is 2.06. The van der Waals surface area contributed by atoms with Gasteiger partial charge in [0.25, 0.3) is 5.91 Å². The standard InChI is InChI=1S/C40H58N6O6/c1-9-16-30(34(48)37(50)42-25-31(47)44-32(38(51)45(7)8)28-19-14-11-15-20-28)43-36(49)33-29(26(2)3)22-24-46(33)39(52)35(40(4,5)6)41-23-21-27-17-12-10-13-18-27/h10-15,17-20,26,29-30,32-33,35,41H,9,16,21-25H2,1-8H3,(H,42,50)(H,43,49)(H,44,47)/t29?,30?,32-,33-,35?/m0/s1. The molecule has 1 heterocycles. The fourth-order valence-corrected chi connectivity index (χ4v) is 6.66. The molecule has 1 fully saturated rings. The lowest BCUT2D eigenvalue weighted by Gasteiger charge is -2.37. The van der Waals surface area contributed by atoms with Crippen molar-refractivity contribution in [3.63, 3.8) is 0 Å². The molecule has 1 aliphatic heterocycles. The SMILES string of the molecule is CCCC(NC(=O)[C@@H]1C(C(C)C)CCN1C(=O)C(NCCc1ccccc1)C(C)(C)C)C(=O)C(=O)NCC(=O)N[C@H](C(=O)N(C)C)c1ccccc1. The van der Waals surface area contributed by atoms with E-state index in [2.05, 4.69) is 21.3 Å². The lowest BCUT2D eigenvalue weighted by Crippen LogP contribution is -2.59. The zero-order valence-electron chi connectivity index (χ0n) is 32.0. The van der Waals surface area contributed by atoms with Crippen molar-refractivity contribution >= 4 is 35.3 Å². The Morgan fingerprint density at radius 3 is 2.08 bits per heavy atom. The van der Waals surface area contributed by atoms with Gasteiger partial charge in [0.05, 0.1) is 18.6 Å². The minimum Gasteiger partial charge on any atom is -0.347 e. The van der Waals surface area contributed by atoms with Gasteiger partial charge in [-0.25, -0.2) is 0 Å². The first-order valence-corrected chi connectivity index (χ1v) is 18.3. The predicted octanol–water partition coefficient (Wildman–Crippen LogP) is 3.02. The van der Waals surface area contributed by atoms with Crippen molar-refractivity contribution in [1.82, 2.24) is 31.1 Å². The molecule has 5 atom stereocenters. The Morgan fingerprint density at radius 2 is 1.52 bits per heavy atom. The molecule has 5 amide bonds. The molecule has 2 aromatic rings. The molecule has 284 valence electrons. The quantitative estimate of drug-likeness (QED) is 0.183. The normalized spacial score (nSPS) is 17.5. The number of carbonyl (C=O) groups excluding carboxylic acids is 6. The monoisotopic (exact) mass is 718 g/mol. The Hall–Kier alpha value is -4.58. The van der Waals surface area contributed by atoms with Crippen molar-refractivity contribution in [2.24, 2.45) is 17.3 Å². The molecule has 3 rings (SSSR count). The van der Waals surface area contributed by atoms with Crippen molar-refractivity contribution in [1.29, 1.82) is 0 Å². The van der Waals surface area contributed by atoms with Gasteiger partial charge < -0.3 is 31.1 Å². The van der Waals surface area contributed by atoms with Crippen LogP contribution in [0.15, 0.2) is 60.7 Å². The molecule has 2 aromatic carbocycles. The van der Waals surface area contributed by atoms with E-state index in [0.717, 1.165) is 12.0 Å². The van der Waals surface area contributed by atoms with Gasteiger partial charge in [-0.1, -0.05) is 109 Å². The predicted molar refractivity (Wildman–Crippen MR) is 201 cm³/mol. The molecule has 1 aliphatic rings. The number of hydrogen-bond acceptors (Lipinski definition) is 7. The van der Waals surface area contributed by atoms with E-state index in [0.29, 0.717) is 31.5 Å². The van der Waals surface area contributed by atoms with E-state index in [4.69, 9.17) is 0 Å². The van der Waals surface area contributed by atoms with Crippen LogP contribution in [0.1, 0.15) is 78.0 Å². The molecule has 0 radical (unpaired) electrons. The summed E-state index contributed by atoms with van der Waals surface area (Å²) in [5.74, 6) is -3.66. The first-order valence-electron chi connectivity index (χ1n) is 18.3. The number of hydrogen-bond donors (Lipinski definition) is 4. The van der Waals surface area contributed by atoms with Gasteiger partial charge >= 0.3 is 0 Å². The number of likely N-dealkylation sites (tertiary alicyclic amines) is 1. The summed E-state index contributed by atoms with van der Waals surface area (Å²) < 4.78 is 0. The molecule has 0 spiro atoms. The van der Waals surface area contributed by atoms with Crippen LogP contribution in [0.4, 0.5) is 0 Å². The molecule has 52 heavy (non-hydrogen) atoms. The van der Waals surface area contributed by atoms with Crippen LogP contribution in [-0.2, 0) is 35.2 Å². The third-order valence-electron chi connectivity index (χ3n) is 9.54. The highest BCUT2D eigenvalue weighted by Crippen LogP contribution is 2.33. The van der Waals surface area contributed by atoms with Gasteiger partial charge in [-0.3, -0.25) is 28.8 Å². The number of carbonyl (C=O) groups is 6. The molecule has 4 N–H and O–H groups in total. The molecule has 12 heteroatoms. The van der Waals surface area contributed by atoms with E-state index in [9.17, 15) is 28.8 Å². The second kappa shape index (κ2) is 19.3. The topological polar surface area (TPSA) is 157 Å². The Labute approximate surface area is 308 Å². The minimum absolute atomic E-state index is 0.0777. The highest BCUT2D eigenvalue weighted by atomic mass is 16.2. The molecule has 3 unspecified atom stereocenters. The van der Waals surface area contributed by atoms with Gasteiger partial charge in [0.2, 0.25) is 29.4 Å². The largest absolute Gasteiger partial charge is 0.347 e. The van der Waals surface area contributed by atoms with Crippen LogP contribution in [0, 0.1) is 17.3 Å². The van der Waals surface area contributed by atoms with Crippen LogP contribution >= 0.6 is 0 Å². The van der Waals surface area contributed by atoms with E-state index >= 15 is 0 Å². The smallest absolute Gasteiger partial charge is 0.290 e. The molecule has 0 aliphatic carbocycles. The zero-order chi connectivity index (χ0) is 38.6. The molecule has 12 nitrogen and oxygen atoms in total. The highest BCUT2D eigenvalue weighted by molar-refractivity contribution is 6.38. The fraction of sp³-hybridized carbons (Fsp3) is 0.550. The lowest BCUT2D eigenvalue weighted by molar-refractivity contribution is -0.145. The molecule has 0 bridgehead atoms.